The molecular weight excluding hydrogens is 254 g/mol. The average Bonchev–Trinajstić information content (AvgIpc) is 2.64. The molecule has 0 radical (unpaired) electrons. The fourth-order valence-corrected chi connectivity index (χ4v) is 3.91. The van der Waals surface area contributed by atoms with E-state index in [1.165, 1.54) is 12.7 Å². The standard InChI is InChI=1S/C12H17NO2S2/c1-17(14,15)10-7-5-9(6-8-10)16-12-4-2-3-11(12)13/h5-8,11-12H,2-4,13H2,1H3. The highest BCUT2D eigenvalue weighted by Gasteiger charge is 2.24. The molecule has 0 bridgehead atoms. The zero-order chi connectivity index (χ0) is 12.5. The zero-order valence-corrected chi connectivity index (χ0v) is 11.4. The largest absolute Gasteiger partial charge is 0.327 e. The third kappa shape index (κ3) is 3.24. The topological polar surface area (TPSA) is 60.2 Å². The van der Waals surface area contributed by atoms with Gasteiger partial charge < -0.3 is 5.73 Å². The zero-order valence-electron chi connectivity index (χ0n) is 9.80. The van der Waals surface area contributed by atoms with Crippen LogP contribution >= 0.6 is 11.8 Å². The fraction of sp³-hybridized carbons (Fsp3) is 0.500. The average molecular weight is 271 g/mol. The molecule has 3 nitrogen and oxygen atoms in total. The lowest BCUT2D eigenvalue weighted by Gasteiger charge is -2.14. The second-order valence-electron chi connectivity index (χ2n) is 4.49. The maximum Gasteiger partial charge on any atom is 0.175 e. The molecule has 0 amide bonds. The van der Waals surface area contributed by atoms with Gasteiger partial charge in [0.25, 0.3) is 0 Å². The van der Waals surface area contributed by atoms with E-state index in [1.54, 1.807) is 23.9 Å². The molecule has 2 unspecified atom stereocenters. The number of nitrogens with two attached hydrogens (primary N) is 1. The first-order chi connectivity index (χ1) is 7.97. The van der Waals surface area contributed by atoms with Crippen molar-refractivity contribution in [1.29, 1.82) is 0 Å². The molecule has 0 heterocycles. The summed E-state index contributed by atoms with van der Waals surface area (Å²) in [6.07, 6.45) is 4.67. The van der Waals surface area contributed by atoms with Crippen LogP contribution in [-0.4, -0.2) is 26.0 Å². The second kappa shape index (κ2) is 5.00. The van der Waals surface area contributed by atoms with Gasteiger partial charge >= 0.3 is 0 Å². The molecule has 1 aromatic rings. The summed E-state index contributed by atoms with van der Waals surface area (Å²) in [5, 5.41) is 0.471. The summed E-state index contributed by atoms with van der Waals surface area (Å²) in [7, 11) is -3.09. The molecule has 1 fully saturated rings. The minimum absolute atomic E-state index is 0.273. The molecule has 2 N–H and O–H groups in total. The first-order valence-corrected chi connectivity index (χ1v) is 8.46. The Morgan fingerprint density at radius 2 is 1.88 bits per heavy atom. The van der Waals surface area contributed by atoms with E-state index in [1.807, 2.05) is 12.1 Å². The van der Waals surface area contributed by atoms with Crippen molar-refractivity contribution in [2.75, 3.05) is 6.26 Å². The molecule has 2 atom stereocenters. The lowest BCUT2D eigenvalue weighted by Crippen LogP contribution is -2.26. The summed E-state index contributed by atoms with van der Waals surface area (Å²) < 4.78 is 22.6. The summed E-state index contributed by atoms with van der Waals surface area (Å²) in [4.78, 5) is 1.47. The Bertz CT molecular complexity index is 482. The predicted octanol–water partition coefficient (Wildman–Crippen LogP) is 2.06. The Labute approximate surface area is 107 Å². The monoisotopic (exact) mass is 271 g/mol. The Hall–Kier alpha value is -0.520. The molecule has 0 spiro atoms. The Morgan fingerprint density at radius 3 is 2.35 bits per heavy atom. The summed E-state index contributed by atoms with van der Waals surface area (Å²) in [5.74, 6) is 0. The van der Waals surface area contributed by atoms with Crippen LogP contribution in [0.4, 0.5) is 0 Å². The normalized spacial score (nSPS) is 25.1. The van der Waals surface area contributed by atoms with Crippen LogP contribution in [0, 0.1) is 0 Å². The Kier molecular flexibility index (Phi) is 3.80. The van der Waals surface area contributed by atoms with Gasteiger partial charge in [-0.15, -0.1) is 11.8 Å². The van der Waals surface area contributed by atoms with Crippen molar-refractivity contribution in [1.82, 2.24) is 0 Å². The van der Waals surface area contributed by atoms with E-state index >= 15 is 0 Å². The van der Waals surface area contributed by atoms with Gasteiger partial charge in [-0.2, -0.15) is 0 Å². The van der Waals surface area contributed by atoms with Gasteiger partial charge in [0.1, 0.15) is 0 Å². The first kappa shape index (κ1) is 12.9. The quantitative estimate of drug-likeness (QED) is 0.914. The highest BCUT2D eigenvalue weighted by molar-refractivity contribution is 8.00. The molecule has 0 saturated heterocycles. The number of benzene rings is 1. The maximum atomic E-state index is 11.3. The Morgan fingerprint density at radius 1 is 1.24 bits per heavy atom. The van der Waals surface area contributed by atoms with Gasteiger partial charge in [-0.25, -0.2) is 8.42 Å². The van der Waals surface area contributed by atoms with Crippen LogP contribution in [0.5, 0.6) is 0 Å². The van der Waals surface area contributed by atoms with Crippen LogP contribution in [0.15, 0.2) is 34.1 Å². The number of sulfone groups is 1. The predicted molar refractivity (Wildman–Crippen MR) is 71.0 cm³/mol. The lowest BCUT2D eigenvalue weighted by atomic mass is 10.3. The summed E-state index contributed by atoms with van der Waals surface area (Å²) in [5.41, 5.74) is 6.01. The van der Waals surface area contributed by atoms with Crippen molar-refractivity contribution in [2.45, 2.75) is 40.3 Å². The van der Waals surface area contributed by atoms with Crippen LogP contribution in [0.1, 0.15) is 19.3 Å². The highest BCUT2D eigenvalue weighted by atomic mass is 32.2. The molecule has 17 heavy (non-hydrogen) atoms. The van der Waals surface area contributed by atoms with Crippen molar-refractivity contribution in [3.8, 4) is 0 Å². The number of thioether (sulfide) groups is 1. The molecule has 0 aliphatic heterocycles. The number of rotatable bonds is 3. The van der Waals surface area contributed by atoms with Crippen molar-refractivity contribution in [3.63, 3.8) is 0 Å². The minimum atomic E-state index is -3.09. The van der Waals surface area contributed by atoms with E-state index in [9.17, 15) is 8.42 Å². The number of hydrogen-bond donors (Lipinski definition) is 1. The highest BCUT2D eigenvalue weighted by Crippen LogP contribution is 2.34. The number of hydrogen-bond acceptors (Lipinski definition) is 4. The third-order valence-electron chi connectivity index (χ3n) is 3.04. The van der Waals surface area contributed by atoms with Crippen LogP contribution in [0.25, 0.3) is 0 Å². The van der Waals surface area contributed by atoms with Crippen LogP contribution in [0.3, 0.4) is 0 Å². The van der Waals surface area contributed by atoms with Gasteiger partial charge in [0.2, 0.25) is 0 Å². The molecular formula is C12H17NO2S2. The molecule has 94 valence electrons. The van der Waals surface area contributed by atoms with Gasteiger partial charge in [0.15, 0.2) is 9.84 Å². The van der Waals surface area contributed by atoms with Crippen molar-refractivity contribution in [2.24, 2.45) is 5.73 Å². The van der Waals surface area contributed by atoms with Gasteiger partial charge in [-0.05, 0) is 37.1 Å². The molecule has 1 aliphatic carbocycles. The van der Waals surface area contributed by atoms with Gasteiger partial charge in [-0.1, -0.05) is 6.42 Å². The minimum Gasteiger partial charge on any atom is -0.327 e. The molecule has 2 rings (SSSR count). The van der Waals surface area contributed by atoms with Crippen molar-refractivity contribution < 1.29 is 8.42 Å². The Balaban J connectivity index is 2.08. The fourth-order valence-electron chi connectivity index (χ4n) is 2.04. The first-order valence-electron chi connectivity index (χ1n) is 5.69. The van der Waals surface area contributed by atoms with E-state index in [0.29, 0.717) is 10.1 Å². The molecule has 1 saturated carbocycles. The van der Waals surface area contributed by atoms with E-state index in [0.717, 1.165) is 17.7 Å². The second-order valence-corrected chi connectivity index (χ2v) is 7.82. The molecule has 1 aliphatic rings. The van der Waals surface area contributed by atoms with E-state index < -0.39 is 9.84 Å². The maximum absolute atomic E-state index is 11.3. The van der Waals surface area contributed by atoms with Crippen LogP contribution in [0.2, 0.25) is 0 Å². The van der Waals surface area contributed by atoms with E-state index in [-0.39, 0.29) is 6.04 Å². The van der Waals surface area contributed by atoms with Crippen LogP contribution < -0.4 is 5.73 Å². The van der Waals surface area contributed by atoms with Gasteiger partial charge in [0, 0.05) is 22.4 Å². The SMILES string of the molecule is CS(=O)(=O)c1ccc(SC2CCCC2N)cc1. The summed E-state index contributed by atoms with van der Waals surface area (Å²) in [6.45, 7) is 0. The van der Waals surface area contributed by atoms with E-state index in [2.05, 4.69) is 0 Å². The smallest absolute Gasteiger partial charge is 0.175 e. The van der Waals surface area contributed by atoms with Gasteiger partial charge in [0.05, 0.1) is 4.90 Å². The van der Waals surface area contributed by atoms with Crippen molar-refractivity contribution >= 4 is 21.6 Å². The molecule has 5 heteroatoms. The third-order valence-corrected chi connectivity index (χ3v) is 5.60. The van der Waals surface area contributed by atoms with Gasteiger partial charge in [-0.3, -0.25) is 0 Å². The van der Waals surface area contributed by atoms with Crippen molar-refractivity contribution in [3.05, 3.63) is 24.3 Å². The van der Waals surface area contributed by atoms with E-state index in [4.69, 9.17) is 5.73 Å². The van der Waals surface area contributed by atoms with Crippen LogP contribution in [-0.2, 0) is 9.84 Å². The molecule has 0 aromatic heterocycles. The summed E-state index contributed by atoms with van der Waals surface area (Å²) in [6, 6.07) is 7.34. The lowest BCUT2D eigenvalue weighted by molar-refractivity contribution is 0.602. The summed E-state index contributed by atoms with van der Waals surface area (Å²) >= 11 is 1.76. The molecule has 1 aromatic carbocycles.